The lowest BCUT2D eigenvalue weighted by molar-refractivity contribution is -0.118. The molecule has 5 nitrogen and oxygen atoms in total. The zero-order valence-corrected chi connectivity index (χ0v) is 20.9. The Labute approximate surface area is 203 Å². The molecule has 2 aliphatic rings. The summed E-state index contributed by atoms with van der Waals surface area (Å²) in [6.07, 6.45) is 1.18. The fourth-order valence-corrected chi connectivity index (χ4v) is 5.30. The molecule has 0 bridgehead atoms. The van der Waals surface area contributed by atoms with Crippen LogP contribution in [0.5, 0.6) is 0 Å². The summed E-state index contributed by atoms with van der Waals surface area (Å²) >= 11 is 0. The van der Waals surface area contributed by atoms with E-state index in [2.05, 4.69) is 50.8 Å². The van der Waals surface area contributed by atoms with Gasteiger partial charge in [-0.15, -0.1) is 0 Å². The lowest BCUT2D eigenvalue weighted by Gasteiger charge is -2.43. The van der Waals surface area contributed by atoms with E-state index < -0.39 is 5.92 Å². The van der Waals surface area contributed by atoms with Crippen molar-refractivity contribution >= 4 is 17.2 Å². The first-order valence-corrected chi connectivity index (χ1v) is 12.1. The van der Waals surface area contributed by atoms with Gasteiger partial charge in [0.25, 0.3) is 0 Å². The number of Topliss-reactive ketones (excluding diaryl/α,β-unsaturated/α-hetero) is 1. The molecule has 0 aromatic heterocycles. The number of ketones is 1. The molecule has 1 aliphatic heterocycles. The van der Waals surface area contributed by atoms with Crippen molar-refractivity contribution in [3.8, 4) is 6.07 Å². The van der Waals surface area contributed by atoms with Crippen LogP contribution in [0.25, 0.3) is 0 Å². The van der Waals surface area contributed by atoms with Crippen LogP contribution >= 0.6 is 0 Å². The van der Waals surface area contributed by atoms with Crippen molar-refractivity contribution < 1.29 is 4.79 Å². The topological polar surface area (TPSA) is 73.4 Å². The SMILES string of the molecule is CCN(CC)c1ccc(C2C(C#N)=C(N)N(c3ccc(C)cc3)C3=C2C(=O)CC(C)(C)C3)cc1. The molecule has 0 radical (unpaired) electrons. The van der Waals surface area contributed by atoms with Crippen LogP contribution in [0.2, 0.25) is 0 Å². The number of nitrogens with zero attached hydrogens (tertiary/aromatic N) is 3. The lowest BCUT2D eigenvalue weighted by atomic mass is 9.68. The number of carbonyl (C=O) groups is 1. The van der Waals surface area contributed by atoms with Crippen LogP contribution in [0, 0.1) is 23.7 Å². The van der Waals surface area contributed by atoms with Gasteiger partial charge in [0.2, 0.25) is 0 Å². The van der Waals surface area contributed by atoms with Gasteiger partial charge in [-0.25, -0.2) is 0 Å². The van der Waals surface area contributed by atoms with Gasteiger partial charge in [0, 0.05) is 42.2 Å². The summed E-state index contributed by atoms with van der Waals surface area (Å²) in [6.45, 7) is 12.4. The van der Waals surface area contributed by atoms with Gasteiger partial charge in [-0.05, 0) is 62.4 Å². The highest BCUT2D eigenvalue weighted by atomic mass is 16.1. The van der Waals surface area contributed by atoms with Crippen LogP contribution in [0.15, 0.2) is 71.2 Å². The predicted molar refractivity (Wildman–Crippen MR) is 138 cm³/mol. The number of nitrogens with two attached hydrogens (primary N) is 1. The maximum Gasteiger partial charge on any atom is 0.162 e. The third-order valence-electron chi connectivity index (χ3n) is 7.03. The minimum Gasteiger partial charge on any atom is -0.384 e. The Morgan fingerprint density at radius 1 is 1.06 bits per heavy atom. The number of carbonyl (C=O) groups excluding carboxylic acids is 1. The number of nitriles is 1. The fourth-order valence-electron chi connectivity index (χ4n) is 5.30. The molecule has 0 saturated heterocycles. The van der Waals surface area contributed by atoms with Crippen LogP contribution in [-0.4, -0.2) is 18.9 Å². The summed E-state index contributed by atoms with van der Waals surface area (Å²) in [5.41, 5.74) is 12.7. The number of anilines is 2. The Kier molecular flexibility index (Phi) is 6.27. The van der Waals surface area contributed by atoms with Gasteiger partial charge in [0.05, 0.1) is 17.6 Å². The van der Waals surface area contributed by atoms with E-state index >= 15 is 0 Å². The van der Waals surface area contributed by atoms with Gasteiger partial charge in [-0.1, -0.05) is 43.7 Å². The Hall–Kier alpha value is -3.52. The fraction of sp³-hybridized carbons (Fsp3) is 0.379. The van der Waals surface area contributed by atoms with Crippen LogP contribution in [0.3, 0.4) is 0 Å². The van der Waals surface area contributed by atoms with Gasteiger partial charge < -0.3 is 10.6 Å². The van der Waals surface area contributed by atoms with Gasteiger partial charge >= 0.3 is 0 Å². The maximum atomic E-state index is 13.6. The minimum atomic E-state index is -0.448. The normalized spacial score (nSPS) is 19.7. The van der Waals surface area contributed by atoms with Gasteiger partial charge in [-0.3, -0.25) is 9.69 Å². The van der Waals surface area contributed by atoms with Crippen LogP contribution < -0.4 is 15.5 Å². The third-order valence-corrected chi connectivity index (χ3v) is 7.03. The van der Waals surface area contributed by atoms with Crippen molar-refractivity contribution in [1.82, 2.24) is 0 Å². The molecule has 0 saturated carbocycles. The molecule has 2 aromatic carbocycles. The molecule has 5 heteroatoms. The molecule has 1 atom stereocenters. The molecule has 176 valence electrons. The average Bonchev–Trinajstić information content (AvgIpc) is 2.80. The van der Waals surface area contributed by atoms with E-state index in [1.54, 1.807) is 0 Å². The Bertz CT molecular complexity index is 1190. The standard InChI is InChI=1S/C29H34N4O/c1-6-32(7-2)21-14-10-20(11-15-21)26-23(18-30)28(31)33(22-12-8-19(3)9-13-22)24-16-29(4,5)17-25(34)27(24)26/h8-15,26H,6-7,16-17,31H2,1-5H3. The van der Waals surface area contributed by atoms with Gasteiger partial charge in [-0.2, -0.15) is 5.26 Å². The number of aryl methyl sites for hydroxylation is 1. The number of hydrogen-bond donors (Lipinski definition) is 1. The van der Waals surface area contributed by atoms with E-state index in [1.807, 2.05) is 48.2 Å². The summed E-state index contributed by atoms with van der Waals surface area (Å²) in [5, 5.41) is 10.2. The predicted octanol–water partition coefficient (Wildman–Crippen LogP) is 5.78. The van der Waals surface area contributed by atoms with Crippen molar-refractivity contribution in [3.05, 3.63) is 82.3 Å². The van der Waals surface area contributed by atoms with Gasteiger partial charge in [0.1, 0.15) is 5.82 Å². The Morgan fingerprint density at radius 3 is 2.24 bits per heavy atom. The van der Waals surface area contributed by atoms with Crippen LogP contribution in [0.4, 0.5) is 11.4 Å². The van der Waals surface area contributed by atoms with E-state index in [0.717, 1.165) is 47.7 Å². The maximum absolute atomic E-state index is 13.6. The number of allylic oxidation sites excluding steroid dienone is 3. The molecular weight excluding hydrogens is 420 g/mol. The summed E-state index contributed by atoms with van der Waals surface area (Å²) in [7, 11) is 0. The smallest absolute Gasteiger partial charge is 0.162 e. The summed E-state index contributed by atoms with van der Waals surface area (Å²) < 4.78 is 0. The van der Waals surface area contributed by atoms with Crippen molar-refractivity contribution in [2.45, 2.75) is 53.4 Å². The molecule has 2 N–H and O–H groups in total. The highest BCUT2D eigenvalue weighted by molar-refractivity contribution is 6.01. The van der Waals surface area contributed by atoms with Crippen molar-refractivity contribution in [3.63, 3.8) is 0 Å². The largest absolute Gasteiger partial charge is 0.384 e. The van der Waals surface area contributed by atoms with E-state index in [0.29, 0.717) is 23.4 Å². The first-order chi connectivity index (χ1) is 16.2. The zero-order valence-electron chi connectivity index (χ0n) is 20.9. The molecule has 4 rings (SSSR count). The van der Waals surface area contributed by atoms with Crippen molar-refractivity contribution in [2.75, 3.05) is 22.9 Å². The molecule has 1 unspecified atom stereocenters. The first kappa shape index (κ1) is 23.6. The number of rotatable bonds is 5. The number of benzene rings is 2. The highest BCUT2D eigenvalue weighted by Crippen LogP contribution is 2.50. The molecule has 0 spiro atoms. The Morgan fingerprint density at radius 2 is 1.68 bits per heavy atom. The second kappa shape index (κ2) is 9.02. The average molecular weight is 455 g/mol. The van der Waals surface area contributed by atoms with Crippen LogP contribution in [0.1, 0.15) is 57.6 Å². The van der Waals surface area contributed by atoms with Crippen LogP contribution in [-0.2, 0) is 4.79 Å². The highest BCUT2D eigenvalue weighted by Gasteiger charge is 2.44. The Balaban J connectivity index is 1.90. The molecular formula is C29H34N4O. The summed E-state index contributed by atoms with van der Waals surface area (Å²) in [5.74, 6) is 0.0610. The molecule has 34 heavy (non-hydrogen) atoms. The van der Waals surface area contributed by atoms with Gasteiger partial charge in [0.15, 0.2) is 5.78 Å². The zero-order chi connectivity index (χ0) is 24.6. The molecule has 1 heterocycles. The van der Waals surface area contributed by atoms with Crippen molar-refractivity contribution in [2.24, 2.45) is 11.1 Å². The third kappa shape index (κ3) is 4.09. The van der Waals surface area contributed by atoms with E-state index in [-0.39, 0.29) is 11.2 Å². The van der Waals surface area contributed by atoms with E-state index in [1.165, 1.54) is 0 Å². The molecule has 0 amide bonds. The van der Waals surface area contributed by atoms with E-state index in [9.17, 15) is 10.1 Å². The summed E-state index contributed by atoms with van der Waals surface area (Å²) in [4.78, 5) is 17.8. The molecule has 2 aromatic rings. The second-order valence-corrected chi connectivity index (χ2v) is 10.1. The monoisotopic (exact) mass is 454 g/mol. The van der Waals surface area contributed by atoms with E-state index in [4.69, 9.17) is 5.73 Å². The number of hydrogen-bond acceptors (Lipinski definition) is 5. The molecule has 1 aliphatic carbocycles. The summed E-state index contributed by atoms with van der Waals surface area (Å²) in [6, 6.07) is 18.7. The quantitative estimate of drug-likeness (QED) is 0.620. The first-order valence-electron chi connectivity index (χ1n) is 12.1. The minimum absolute atomic E-state index is 0.0985. The lowest BCUT2D eigenvalue weighted by Crippen LogP contribution is -2.42. The molecule has 0 fully saturated rings. The second-order valence-electron chi connectivity index (χ2n) is 10.1. The van der Waals surface area contributed by atoms with Crippen molar-refractivity contribution in [1.29, 1.82) is 5.26 Å².